The molecule has 47 heavy (non-hydrogen) atoms. The number of aromatic amines is 1. The van der Waals surface area contributed by atoms with Crippen molar-refractivity contribution in [3.05, 3.63) is 72.3 Å². The van der Waals surface area contributed by atoms with Gasteiger partial charge < -0.3 is 25.5 Å². The molecule has 5 N–H and O–H groups in total. The molecule has 0 fully saturated rings. The number of unbranched alkanes of at least 4 members (excludes halogenated alkanes) is 7. The number of ether oxygens (including phenoxy) is 1. The van der Waals surface area contributed by atoms with Crippen LogP contribution in [0.5, 0.6) is 5.75 Å². The Labute approximate surface area is 278 Å². The Morgan fingerprint density at radius 1 is 0.915 bits per heavy atom. The fourth-order valence-electron chi connectivity index (χ4n) is 5.84. The number of nitrogens with one attached hydrogen (secondary N) is 4. The Bertz CT molecular complexity index is 1770. The third-order valence-electron chi connectivity index (χ3n) is 8.33. The number of H-pyrrole nitrogens is 1. The molecule has 0 saturated heterocycles. The minimum atomic E-state index is -3.79. The highest BCUT2D eigenvalue weighted by atomic mass is 32.2. The van der Waals surface area contributed by atoms with Crippen LogP contribution in [0.3, 0.4) is 0 Å². The number of benzene rings is 3. The SMILES string of the molecule is CCCCCCCCCCN=C1NS(=O)(=O)N=C1Nc1ccc(CC(C)NC[C@H](O)COc2cccc3[nH]c4ccccc4c23)cc1. The number of nitrogens with zero attached hydrogens (tertiary/aromatic N) is 2. The second-order valence-corrected chi connectivity index (χ2v) is 13.7. The number of aliphatic imine (C=N–C) groups is 1. The smallest absolute Gasteiger partial charge is 0.345 e. The average Bonchev–Trinajstić information content (AvgIpc) is 3.58. The van der Waals surface area contributed by atoms with Crippen molar-refractivity contribution < 1.29 is 18.3 Å². The summed E-state index contributed by atoms with van der Waals surface area (Å²) in [7, 11) is -3.79. The molecule has 1 aliphatic heterocycles. The highest BCUT2D eigenvalue weighted by Crippen LogP contribution is 2.33. The molecule has 10 nitrogen and oxygen atoms in total. The van der Waals surface area contributed by atoms with Crippen LogP contribution >= 0.6 is 0 Å². The molecule has 252 valence electrons. The van der Waals surface area contributed by atoms with Gasteiger partial charge in [-0.05, 0) is 55.7 Å². The predicted octanol–water partition coefficient (Wildman–Crippen LogP) is 6.48. The van der Waals surface area contributed by atoms with Crippen molar-refractivity contribution >= 4 is 49.4 Å². The molecule has 0 amide bonds. The maximum Gasteiger partial charge on any atom is 0.345 e. The van der Waals surface area contributed by atoms with Crippen LogP contribution in [0.1, 0.15) is 70.8 Å². The van der Waals surface area contributed by atoms with Gasteiger partial charge in [-0.15, -0.1) is 4.40 Å². The first-order chi connectivity index (χ1) is 22.8. The molecule has 2 heterocycles. The molecule has 0 aliphatic carbocycles. The van der Waals surface area contributed by atoms with E-state index in [0.29, 0.717) is 13.1 Å². The van der Waals surface area contributed by atoms with Crippen LogP contribution in [0.15, 0.2) is 76.1 Å². The fourth-order valence-corrected chi connectivity index (χ4v) is 6.66. The van der Waals surface area contributed by atoms with Gasteiger partial charge >= 0.3 is 10.2 Å². The number of hydrogen-bond donors (Lipinski definition) is 5. The first-order valence-electron chi connectivity index (χ1n) is 16.9. The Morgan fingerprint density at radius 3 is 2.43 bits per heavy atom. The number of aliphatic hydroxyl groups is 1. The van der Waals surface area contributed by atoms with Gasteiger partial charge in [0.2, 0.25) is 0 Å². The largest absolute Gasteiger partial charge is 0.490 e. The van der Waals surface area contributed by atoms with Crippen molar-refractivity contribution in [3.8, 4) is 5.75 Å². The van der Waals surface area contributed by atoms with E-state index in [1.807, 2.05) is 60.7 Å². The third-order valence-corrected chi connectivity index (χ3v) is 9.20. The zero-order chi connectivity index (χ0) is 33.1. The fraction of sp³-hybridized carbons (Fsp3) is 0.444. The molecule has 1 aromatic heterocycles. The van der Waals surface area contributed by atoms with Crippen molar-refractivity contribution in [1.82, 2.24) is 15.0 Å². The van der Waals surface area contributed by atoms with E-state index in [2.05, 4.69) is 49.6 Å². The summed E-state index contributed by atoms with van der Waals surface area (Å²) in [6.07, 6.45) is 9.63. The number of rotatable bonds is 18. The summed E-state index contributed by atoms with van der Waals surface area (Å²) in [5.41, 5.74) is 3.89. The highest BCUT2D eigenvalue weighted by Gasteiger charge is 2.26. The Morgan fingerprint density at radius 2 is 1.64 bits per heavy atom. The van der Waals surface area contributed by atoms with Gasteiger partial charge in [-0.3, -0.25) is 4.99 Å². The van der Waals surface area contributed by atoms with E-state index in [9.17, 15) is 13.5 Å². The van der Waals surface area contributed by atoms with Crippen LogP contribution in [0.25, 0.3) is 21.8 Å². The van der Waals surface area contributed by atoms with Gasteiger partial charge in [0.15, 0.2) is 11.7 Å². The Hall–Kier alpha value is -3.93. The number of amidine groups is 2. The number of fused-ring (bicyclic) bond motifs is 3. The maximum atomic E-state index is 12.1. The van der Waals surface area contributed by atoms with Crippen molar-refractivity contribution in [2.24, 2.45) is 9.39 Å². The summed E-state index contributed by atoms with van der Waals surface area (Å²) < 4.78 is 36.6. The summed E-state index contributed by atoms with van der Waals surface area (Å²) in [5, 5.41) is 19.3. The van der Waals surface area contributed by atoms with E-state index in [-0.39, 0.29) is 24.3 Å². The van der Waals surface area contributed by atoms with E-state index in [1.54, 1.807) is 0 Å². The molecule has 3 aromatic carbocycles. The second kappa shape index (κ2) is 16.8. The third kappa shape index (κ3) is 10.0. The van der Waals surface area contributed by atoms with Crippen LogP contribution in [0.2, 0.25) is 0 Å². The maximum absolute atomic E-state index is 12.1. The second-order valence-electron chi connectivity index (χ2n) is 12.4. The lowest BCUT2D eigenvalue weighted by Crippen LogP contribution is -2.37. The van der Waals surface area contributed by atoms with Crippen molar-refractivity contribution in [2.75, 3.05) is 25.0 Å². The molecule has 0 spiro atoms. The summed E-state index contributed by atoms with van der Waals surface area (Å²) >= 11 is 0. The molecule has 0 bridgehead atoms. The quantitative estimate of drug-likeness (QED) is 0.0775. The van der Waals surface area contributed by atoms with Crippen molar-refractivity contribution in [2.45, 2.75) is 83.8 Å². The molecule has 5 rings (SSSR count). The van der Waals surface area contributed by atoms with E-state index < -0.39 is 16.3 Å². The minimum Gasteiger partial charge on any atom is -0.490 e. The molecular formula is C36H48N6O4S. The standard InChI is InChI=1S/C36H48N6O4S/c1-3-4-5-6-7-8-9-12-22-37-35-36(42-47(44,45)41-35)39-28-20-18-27(19-21-28)23-26(2)38-24-29(43)25-46-33-17-13-16-32-34(33)30-14-10-11-15-31(30)40-32/h10-11,13-21,26,29,38,40,43H,3-9,12,22-25H2,1-2H3,(H,37,41)(H,39,42)/t26?,29-/m0/s1. The molecular weight excluding hydrogens is 613 g/mol. The number of aromatic nitrogens is 1. The summed E-state index contributed by atoms with van der Waals surface area (Å²) in [6, 6.07) is 21.9. The topological polar surface area (TPSA) is 140 Å². The Kier molecular flexibility index (Phi) is 12.3. The van der Waals surface area contributed by atoms with Gasteiger partial charge in [-0.2, -0.15) is 8.42 Å². The van der Waals surface area contributed by atoms with Crippen LogP contribution in [0, 0.1) is 0 Å². The highest BCUT2D eigenvalue weighted by molar-refractivity contribution is 7.89. The zero-order valence-electron chi connectivity index (χ0n) is 27.5. The number of para-hydroxylation sites is 1. The van der Waals surface area contributed by atoms with E-state index in [0.717, 1.165) is 58.1 Å². The van der Waals surface area contributed by atoms with Crippen molar-refractivity contribution in [1.29, 1.82) is 0 Å². The minimum absolute atomic E-state index is 0.115. The number of aliphatic hydroxyl groups excluding tert-OH is 1. The Balaban J connectivity index is 1.05. The van der Waals surface area contributed by atoms with E-state index in [4.69, 9.17) is 4.74 Å². The van der Waals surface area contributed by atoms with Gasteiger partial charge in [0.05, 0.1) is 5.52 Å². The van der Waals surface area contributed by atoms with Gasteiger partial charge in [0, 0.05) is 41.1 Å². The zero-order valence-corrected chi connectivity index (χ0v) is 28.3. The molecule has 2 atom stereocenters. The van der Waals surface area contributed by atoms with Crippen LogP contribution in [-0.4, -0.2) is 62.0 Å². The lowest BCUT2D eigenvalue weighted by molar-refractivity contribution is 0.105. The van der Waals surface area contributed by atoms with E-state index >= 15 is 0 Å². The summed E-state index contributed by atoms with van der Waals surface area (Å²) in [4.78, 5) is 7.90. The molecule has 0 saturated carbocycles. The summed E-state index contributed by atoms with van der Waals surface area (Å²) in [6.45, 7) is 5.42. The molecule has 0 radical (unpaired) electrons. The van der Waals surface area contributed by atoms with E-state index in [1.165, 1.54) is 38.5 Å². The van der Waals surface area contributed by atoms with Crippen LogP contribution in [-0.2, 0) is 16.6 Å². The van der Waals surface area contributed by atoms with Crippen LogP contribution < -0.4 is 20.1 Å². The first-order valence-corrected chi connectivity index (χ1v) is 18.3. The van der Waals surface area contributed by atoms with Crippen LogP contribution in [0.4, 0.5) is 5.69 Å². The average molecular weight is 661 g/mol. The van der Waals surface area contributed by atoms with Gasteiger partial charge in [-0.25, -0.2) is 4.72 Å². The first kappa shape index (κ1) is 34.4. The molecule has 1 aliphatic rings. The molecule has 11 heteroatoms. The van der Waals surface area contributed by atoms with Gasteiger partial charge in [0.1, 0.15) is 18.5 Å². The summed E-state index contributed by atoms with van der Waals surface area (Å²) in [5.74, 6) is 1.22. The monoisotopic (exact) mass is 660 g/mol. The van der Waals surface area contributed by atoms with Gasteiger partial charge in [-0.1, -0.05) is 88.3 Å². The lowest BCUT2D eigenvalue weighted by Gasteiger charge is -2.18. The predicted molar refractivity (Wildman–Crippen MR) is 193 cm³/mol. The lowest BCUT2D eigenvalue weighted by atomic mass is 10.1. The number of hydrogen-bond acceptors (Lipinski definition) is 7. The van der Waals surface area contributed by atoms with Gasteiger partial charge in [0.25, 0.3) is 0 Å². The normalized spacial score (nSPS) is 16.3. The molecule has 4 aromatic rings. The molecule has 1 unspecified atom stereocenters. The van der Waals surface area contributed by atoms with Crippen molar-refractivity contribution in [3.63, 3.8) is 0 Å². The number of anilines is 1.